The molecular formula is C16H17F3N4O2S. The van der Waals surface area contributed by atoms with Gasteiger partial charge >= 0.3 is 6.18 Å². The molecule has 2 rings (SSSR count). The SMILES string of the molecule is CSCCNC(=O)c1cc(NC(=O)c2cn(C)cn2)cc(C(F)(F)F)c1. The summed E-state index contributed by atoms with van der Waals surface area (Å²) < 4.78 is 40.9. The second-order valence-electron chi connectivity index (χ2n) is 5.42. The minimum absolute atomic E-state index is 0.0517. The number of hydrogen-bond acceptors (Lipinski definition) is 4. The average molecular weight is 386 g/mol. The highest BCUT2D eigenvalue weighted by Crippen LogP contribution is 2.32. The minimum Gasteiger partial charge on any atom is -0.351 e. The predicted molar refractivity (Wildman–Crippen MR) is 93.3 cm³/mol. The summed E-state index contributed by atoms with van der Waals surface area (Å²) in [5.41, 5.74) is -1.29. The lowest BCUT2D eigenvalue weighted by molar-refractivity contribution is -0.137. The highest BCUT2D eigenvalue weighted by molar-refractivity contribution is 7.98. The van der Waals surface area contributed by atoms with Crippen LogP contribution in [0.4, 0.5) is 18.9 Å². The van der Waals surface area contributed by atoms with Crippen LogP contribution in [-0.2, 0) is 13.2 Å². The second-order valence-corrected chi connectivity index (χ2v) is 6.41. The van der Waals surface area contributed by atoms with Gasteiger partial charge in [0.15, 0.2) is 0 Å². The summed E-state index contributed by atoms with van der Waals surface area (Å²) in [6.07, 6.45) is 0.0202. The predicted octanol–water partition coefficient (Wildman–Crippen LogP) is 2.78. The highest BCUT2D eigenvalue weighted by atomic mass is 32.2. The first-order valence-corrected chi connectivity index (χ1v) is 8.89. The molecule has 0 aliphatic rings. The van der Waals surface area contributed by atoms with Gasteiger partial charge in [-0.2, -0.15) is 24.9 Å². The number of nitrogens with zero attached hydrogens (tertiary/aromatic N) is 2. The molecule has 26 heavy (non-hydrogen) atoms. The molecule has 1 aromatic carbocycles. The number of aryl methyl sites for hydroxylation is 1. The molecule has 0 saturated carbocycles. The number of alkyl halides is 3. The Morgan fingerprint density at radius 2 is 1.96 bits per heavy atom. The van der Waals surface area contributed by atoms with Crippen LogP contribution < -0.4 is 10.6 Å². The standard InChI is InChI=1S/C16H17F3N4O2S/c1-23-8-13(21-9-23)15(25)22-12-6-10(14(24)20-3-4-26-2)5-11(7-12)16(17,18)19/h5-9H,3-4H2,1-2H3,(H,20,24)(H,22,25). The number of rotatable bonds is 6. The van der Waals surface area contributed by atoms with E-state index in [9.17, 15) is 22.8 Å². The second kappa shape index (κ2) is 8.26. The Balaban J connectivity index is 2.28. The molecule has 0 aliphatic carbocycles. The Morgan fingerprint density at radius 1 is 1.23 bits per heavy atom. The van der Waals surface area contributed by atoms with E-state index in [-0.39, 0.29) is 16.9 Å². The fraction of sp³-hybridized carbons (Fsp3) is 0.312. The lowest BCUT2D eigenvalue weighted by Crippen LogP contribution is -2.26. The molecule has 140 valence electrons. The van der Waals surface area contributed by atoms with Crippen molar-refractivity contribution in [1.82, 2.24) is 14.9 Å². The minimum atomic E-state index is -4.65. The average Bonchev–Trinajstić information content (AvgIpc) is 3.00. The zero-order chi connectivity index (χ0) is 19.3. The lowest BCUT2D eigenvalue weighted by Gasteiger charge is -2.13. The summed E-state index contributed by atoms with van der Waals surface area (Å²) >= 11 is 1.50. The quantitative estimate of drug-likeness (QED) is 0.749. The lowest BCUT2D eigenvalue weighted by atomic mass is 10.1. The molecule has 10 heteroatoms. The van der Waals surface area contributed by atoms with Gasteiger partial charge in [0.25, 0.3) is 11.8 Å². The summed E-state index contributed by atoms with van der Waals surface area (Å²) in [4.78, 5) is 28.0. The zero-order valence-corrected chi connectivity index (χ0v) is 14.9. The van der Waals surface area contributed by atoms with Gasteiger partial charge < -0.3 is 15.2 Å². The van der Waals surface area contributed by atoms with Gasteiger partial charge in [-0.3, -0.25) is 9.59 Å². The smallest absolute Gasteiger partial charge is 0.351 e. The van der Waals surface area contributed by atoms with Crippen molar-refractivity contribution in [2.24, 2.45) is 7.05 Å². The van der Waals surface area contributed by atoms with Gasteiger partial charge in [0.1, 0.15) is 5.69 Å². The highest BCUT2D eigenvalue weighted by Gasteiger charge is 2.32. The first-order valence-electron chi connectivity index (χ1n) is 7.49. The molecule has 6 nitrogen and oxygen atoms in total. The Kier molecular flexibility index (Phi) is 6.30. The summed E-state index contributed by atoms with van der Waals surface area (Å²) in [7, 11) is 1.66. The maximum atomic E-state index is 13.1. The van der Waals surface area contributed by atoms with Crippen LogP contribution in [-0.4, -0.2) is 39.9 Å². The van der Waals surface area contributed by atoms with E-state index in [1.807, 2.05) is 6.26 Å². The Labute approximate surface area is 152 Å². The molecule has 0 spiro atoms. The van der Waals surface area contributed by atoms with Crippen LogP contribution in [0.15, 0.2) is 30.7 Å². The van der Waals surface area contributed by atoms with Gasteiger partial charge in [-0.25, -0.2) is 4.98 Å². The molecule has 1 heterocycles. The van der Waals surface area contributed by atoms with Gasteiger partial charge in [0, 0.05) is 36.8 Å². The molecule has 0 fully saturated rings. The summed E-state index contributed by atoms with van der Waals surface area (Å²) in [5.74, 6) is -0.675. The van der Waals surface area contributed by atoms with Crippen LogP contribution >= 0.6 is 11.8 Å². The molecule has 0 bridgehead atoms. The van der Waals surface area contributed by atoms with Crippen LogP contribution in [0.25, 0.3) is 0 Å². The number of benzene rings is 1. The summed E-state index contributed by atoms with van der Waals surface area (Å²) in [6, 6.07) is 2.73. The molecule has 0 unspecified atom stereocenters. The van der Waals surface area contributed by atoms with Crippen molar-refractivity contribution in [3.8, 4) is 0 Å². The molecule has 0 radical (unpaired) electrons. The maximum Gasteiger partial charge on any atom is 0.416 e. The van der Waals surface area contributed by atoms with E-state index in [1.165, 1.54) is 34.9 Å². The van der Waals surface area contributed by atoms with E-state index in [4.69, 9.17) is 0 Å². The van der Waals surface area contributed by atoms with Crippen molar-refractivity contribution in [1.29, 1.82) is 0 Å². The number of thioether (sulfide) groups is 1. The Hall–Kier alpha value is -2.49. The van der Waals surface area contributed by atoms with Crippen LogP contribution in [0, 0.1) is 0 Å². The number of carbonyl (C=O) groups is 2. The molecular weight excluding hydrogens is 369 g/mol. The monoisotopic (exact) mass is 386 g/mol. The molecule has 2 amide bonds. The first kappa shape index (κ1) is 19.8. The van der Waals surface area contributed by atoms with Crippen LogP contribution in [0.5, 0.6) is 0 Å². The molecule has 0 saturated heterocycles. The normalized spacial score (nSPS) is 11.3. The van der Waals surface area contributed by atoms with Crippen LogP contribution in [0.1, 0.15) is 26.4 Å². The molecule has 2 aromatic rings. The fourth-order valence-electron chi connectivity index (χ4n) is 2.09. The Morgan fingerprint density at radius 3 is 2.54 bits per heavy atom. The number of amides is 2. The Bertz CT molecular complexity index is 805. The van der Waals surface area contributed by atoms with E-state index in [2.05, 4.69) is 15.6 Å². The van der Waals surface area contributed by atoms with Crippen LogP contribution in [0.3, 0.4) is 0 Å². The van der Waals surface area contributed by atoms with E-state index in [0.717, 1.165) is 12.1 Å². The van der Waals surface area contributed by atoms with Gasteiger partial charge in [-0.05, 0) is 24.5 Å². The van der Waals surface area contributed by atoms with E-state index >= 15 is 0 Å². The number of hydrogen-bond donors (Lipinski definition) is 2. The molecule has 0 atom stereocenters. The van der Waals surface area contributed by atoms with Gasteiger partial charge in [-0.1, -0.05) is 0 Å². The topological polar surface area (TPSA) is 76.0 Å². The zero-order valence-electron chi connectivity index (χ0n) is 14.1. The van der Waals surface area contributed by atoms with Crippen molar-refractivity contribution < 1.29 is 22.8 Å². The third kappa shape index (κ3) is 5.25. The molecule has 2 N–H and O–H groups in total. The number of aromatic nitrogens is 2. The maximum absolute atomic E-state index is 13.1. The molecule has 1 aromatic heterocycles. The largest absolute Gasteiger partial charge is 0.416 e. The number of anilines is 1. The molecule has 0 aliphatic heterocycles. The summed E-state index contributed by atoms with van der Waals surface area (Å²) in [5, 5.41) is 4.89. The van der Waals surface area contributed by atoms with Crippen molar-refractivity contribution >= 4 is 29.3 Å². The number of nitrogens with one attached hydrogen (secondary N) is 2. The van der Waals surface area contributed by atoms with E-state index < -0.39 is 23.6 Å². The summed E-state index contributed by atoms with van der Waals surface area (Å²) in [6.45, 7) is 0.325. The van der Waals surface area contributed by atoms with E-state index in [1.54, 1.807) is 7.05 Å². The van der Waals surface area contributed by atoms with Crippen molar-refractivity contribution in [2.45, 2.75) is 6.18 Å². The van der Waals surface area contributed by atoms with Gasteiger partial charge in [0.05, 0.1) is 11.9 Å². The van der Waals surface area contributed by atoms with Crippen molar-refractivity contribution in [3.05, 3.63) is 47.5 Å². The van der Waals surface area contributed by atoms with Crippen molar-refractivity contribution in [2.75, 3.05) is 23.9 Å². The van der Waals surface area contributed by atoms with Gasteiger partial charge in [0.2, 0.25) is 0 Å². The number of imidazole rings is 1. The first-order chi connectivity index (χ1) is 12.2. The van der Waals surface area contributed by atoms with E-state index in [0.29, 0.717) is 12.3 Å². The van der Waals surface area contributed by atoms with Gasteiger partial charge in [-0.15, -0.1) is 0 Å². The third-order valence-corrected chi connectivity index (χ3v) is 3.92. The third-order valence-electron chi connectivity index (χ3n) is 3.31. The van der Waals surface area contributed by atoms with Crippen LogP contribution in [0.2, 0.25) is 0 Å². The number of carbonyl (C=O) groups excluding carboxylic acids is 2. The number of halogens is 3. The van der Waals surface area contributed by atoms with Crippen molar-refractivity contribution in [3.63, 3.8) is 0 Å². The fourth-order valence-corrected chi connectivity index (χ4v) is 2.39.